The van der Waals surface area contributed by atoms with Gasteiger partial charge in [-0.3, -0.25) is 4.79 Å². The molecule has 0 aromatic heterocycles. The van der Waals surface area contributed by atoms with Crippen molar-refractivity contribution in [1.29, 1.82) is 0 Å². The zero-order chi connectivity index (χ0) is 19.4. The van der Waals surface area contributed by atoms with Crippen molar-refractivity contribution in [3.05, 3.63) is 29.3 Å². The van der Waals surface area contributed by atoms with Crippen LogP contribution in [0.15, 0.2) is 18.2 Å². The monoisotopic (exact) mass is 366 g/mol. The summed E-state index contributed by atoms with van der Waals surface area (Å²) in [5.41, 5.74) is 2.04. The van der Waals surface area contributed by atoms with Gasteiger partial charge in [-0.2, -0.15) is 0 Å². The molecule has 3 aliphatic rings. The van der Waals surface area contributed by atoms with Crippen LogP contribution in [0.25, 0.3) is 0 Å². The summed E-state index contributed by atoms with van der Waals surface area (Å²) in [6.07, 6.45) is 11.1. The summed E-state index contributed by atoms with van der Waals surface area (Å²) in [4.78, 5) is 11.8. The molecule has 0 radical (unpaired) electrons. The van der Waals surface area contributed by atoms with Crippen molar-refractivity contribution in [2.75, 3.05) is 7.11 Å². The molecule has 4 rings (SSSR count). The lowest BCUT2D eigenvalue weighted by Crippen LogP contribution is -2.54. The molecular weight excluding hydrogens is 336 g/mol. The van der Waals surface area contributed by atoms with Gasteiger partial charge in [0.25, 0.3) is 0 Å². The fraction of sp³-hybridized carbons (Fsp3) is 0.625. The first-order chi connectivity index (χ1) is 12.8. The third-order valence-electron chi connectivity index (χ3n) is 7.89. The van der Waals surface area contributed by atoms with E-state index in [-0.39, 0.29) is 11.4 Å². The molecule has 27 heavy (non-hydrogen) atoms. The molecule has 3 nitrogen and oxygen atoms in total. The van der Waals surface area contributed by atoms with Gasteiger partial charge in [0.05, 0.1) is 7.11 Å². The minimum atomic E-state index is -0.747. The Morgan fingerprint density at radius 1 is 1.33 bits per heavy atom. The predicted octanol–water partition coefficient (Wildman–Crippen LogP) is 4.73. The van der Waals surface area contributed by atoms with Crippen molar-refractivity contribution in [2.45, 2.75) is 64.4 Å². The first-order valence-corrected chi connectivity index (χ1v) is 10.2. The molecule has 0 saturated heterocycles. The number of hydrogen-bond acceptors (Lipinski definition) is 3. The number of rotatable bonds is 2. The lowest BCUT2D eigenvalue weighted by Gasteiger charge is -2.55. The van der Waals surface area contributed by atoms with Gasteiger partial charge >= 0.3 is 5.97 Å². The van der Waals surface area contributed by atoms with E-state index >= 15 is 0 Å². The second kappa shape index (κ2) is 6.30. The minimum Gasteiger partial charge on any atom is -0.497 e. The predicted molar refractivity (Wildman–Crippen MR) is 105 cm³/mol. The van der Waals surface area contributed by atoms with E-state index in [1.807, 2.05) is 0 Å². The maximum atomic E-state index is 11.8. The molecule has 6 atom stereocenters. The second-order valence-corrected chi connectivity index (χ2v) is 9.10. The van der Waals surface area contributed by atoms with E-state index in [0.29, 0.717) is 23.7 Å². The van der Waals surface area contributed by atoms with E-state index in [1.54, 1.807) is 7.11 Å². The highest BCUT2D eigenvalue weighted by Gasteiger charge is 2.65. The number of hydrogen-bond donors (Lipinski definition) is 0. The number of carbonyl (C=O) groups is 1. The van der Waals surface area contributed by atoms with Crippen LogP contribution in [0.1, 0.15) is 63.5 Å². The maximum Gasteiger partial charge on any atom is 0.304 e. The third kappa shape index (κ3) is 2.53. The Kier molecular flexibility index (Phi) is 4.29. The van der Waals surface area contributed by atoms with Gasteiger partial charge in [-0.25, -0.2) is 0 Å². The first kappa shape index (κ1) is 18.4. The number of fused-ring (bicyclic) bond motifs is 5. The maximum absolute atomic E-state index is 11.8. The molecule has 2 fully saturated rings. The molecule has 0 N–H and O–H groups in total. The molecule has 144 valence electrons. The third-order valence-corrected chi connectivity index (χ3v) is 7.89. The Morgan fingerprint density at radius 3 is 2.78 bits per heavy atom. The second-order valence-electron chi connectivity index (χ2n) is 9.10. The van der Waals surface area contributed by atoms with Crippen LogP contribution >= 0.6 is 0 Å². The molecule has 3 aliphatic carbocycles. The van der Waals surface area contributed by atoms with Crippen LogP contribution < -0.4 is 4.74 Å². The summed E-state index contributed by atoms with van der Waals surface area (Å²) in [7, 11) is 1.73. The Morgan fingerprint density at radius 2 is 2.11 bits per heavy atom. The number of carbonyl (C=O) groups excluding carboxylic acids is 1. The van der Waals surface area contributed by atoms with E-state index in [0.717, 1.165) is 31.4 Å². The highest BCUT2D eigenvalue weighted by molar-refractivity contribution is 5.67. The van der Waals surface area contributed by atoms with Crippen LogP contribution in [0.5, 0.6) is 5.75 Å². The molecule has 0 unspecified atom stereocenters. The number of methoxy groups -OCH3 is 1. The Bertz CT molecular complexity index is 806. The summed E-state index contributed by atoms with van der Waals surface area (Å²) in [6.45, 7) is 6.12. The molecule has 1 aromatic rings. The van der Waals surface area contributed by atoms with Crippen molar-refractivity contribution in [2.24, 2.45) is 23.2 Å². The van der Waals surface area contributed by atoms with Crippen molar-refractivity contribution >= 4 is 5.97 Å². The largest absolute Gasteiger partial charge is 0.497 e. The number of ether oxygens (including phenoxy) is 2. The average molecular weight is 367 g/mol. The molecular formula is C24H30O3. The summed E-state index contributed by atoms with van der Waals surface area (Å²) < 4.78 is 11.3. The Balaban J connectivity index is 1.73. The van der Waals surface area contributed by atoms with Crippen molar-refractivity contribution in [3.63, 3.8) is 0 Å². The van der Waals surface area contributed by atoms with E-state index < -0.39 is 5.60 Å². The van der Waals surface area contributed by atoms with E-state index in [2.05, 4.69) is 38.0 Å². The van der Waals surface area contributed by atoms with Crippen LogP contribution in [0.2, 0.25) is 0 Å². The normalized spacial score (nSPS) is 39.5. The number of esters is 1. The zero-order valence-electron chi connectivity index (χ0n) is 16.9. The van der Waals surface area contributed by atoms with Gasteiger partial charge in [-0.15, -0.1) is 6.42 Å². The van der Waals surface area contributed by atoms with Gasteiger partial charge in [0.1, 0.15) is 5.75 Å². The van der Waals surface area contributed by atoms with Gasteiger partial charge < -0.3 is 9.47 Å². The van der Waals surface area contributed by atoms with Gasteiger partial charge in [0.15, 0.2) is 5.60 Å². The summed E-state index contributed by atoms with van der Waals surface area (Å²) in [5, 5.41) is 0. The lowest BCUT2D eigenvalue weighted by atomic mass is 9.50. The molecule has 3 heteroatoms. The van der Waals surface area contributed by atoms with Crippen LogP contribution in [-0.2, 0) is 16.0 Å². The number of aryl methyl sites for hydroxylation is 1. The molecule has 0 heterocycles. The number of terminal acetylenes is 1. The van der Waals surface area contributed by atoms with E-state index in [9.17, 15) is 4.79 Å². The molecule has 0 aliphatic heterocycles. The fourth-order valence-electron chi connectivity index (χ4n) is 6.90. The minimum absolute atomic E-state index is 0.141. The lowest BCUT2D eigenvalue weighted by molar-refractivity contribution is -0.167. The van der Waals surface area contributed by atoms with Gasteiger partial charge in [0.2, 0.25) is 0 Å². The van der Waals surface area contributed by atoms with Crippen molar-refractivity contribution < 1.29 is 14.3 Å². The Hall–Kier alpha value is -1.95. The van der Waals surface area contributed by atoms with E-state index in [4.69, 9.17) is 15.9 Å². The zero-order valence-corrected chi connectivity index (χ0v) is 16.9. The fourth-order valence-corrected chi connectivity index (χ4v) is 6.90. The Labute approximate surface area is 162 Å². The molecule has 2 saturated carbocycles. The smallest absolute Gasteiger partial charge is 0.304 e. The van der Waals surface area contributed by atoms with Crippen LogP contribution in [-0.4, -0.2) is 18.7 Å². The topological polar surface area (TPSA) is 35.5 Å². The van der Waals surface area contributed by atoms with Crippen LogP contribution in [0, 0.1) is 35.5 Å². The molecule has 0 amide bonds. The van der Waals surface area contributed by atoms with Gasteiger partial charge in [-0.05, 0) is 79.0 Å². The van der Waals surface area contributed by atoms with E-state index in [1.165, 1.54) is 24.5 Å². The number of benzene rings is 1. The SMILES string of the molecule is C#C[C@]1(OC(C)=O)CC[C@H]2[C@H]3CCc4cc(OC)ccc4[C@@H]3[C@@H](C)C[C@]21C. The molecule has 0 bridgehead atoms. The molecule has 1 aromatic carbocycles. The van der Waals surface area contributed by atoms with Crippen LogP contribution in [0.3, 0.4) is 0 Å². The van der Waals surface area contributed by atoms with Crippen LogP contribution in [0.4, 0.5) is 0 Å². The van der Waals surface area contributed by atoms with Gasteiger partial charge in [0, 0.05) is 12.3 Å². The van der Waals surface area contributed by atoms with Crippen molar-refractivity contribution in [1.82, 2.24) is 0 Å². The summed E-state index contributed by atoms with van der Waals surface area (Å²) in [5.74, 6) is 5.80. The summed E-state index contributed by atoms with van der Waals surface area (Å²) >= 11 is 0. The highest BCUT2D eigenvalue weighted by Crippen LogP contribution is 2.66. The quantitative estimate of drug-likeness (QED) is 0.561. The van der Waals surface area contributed by atoms with Crippen molar-refractivity contribution in [3.8, 4) is 18.1 Å². The standard InChI is InChI=1S/C24H30O3/c1-6-24(27-16(3)25)12-11-21-20-9-7-17-13-18(26-5)8-10-19(17)22(20)15(2)14-23(21,24)4/h1,8,10,13,15,20-22H,7,9,11-12,14H2,2-5H3/t15-,20+,21-,22-,23+,24-/m0/s1. The molecule has 0 spiro atoms. The first-order valence-electron chi connectivity index (χ1n) is 10.2. The summed E-state index contributed by atoms with van der Waals surface area (Å²) in [6, 6.07) is 6.59. The van der Waals surface area contributed by atoms with Gasteiger partial charge in [-0.1, -0.05) is 25.8 Å². The highest BCUT2D eigenvalue weighted by atomic mass is 16.6. The average Bonchev–Trinajstić information content (AvgIpc) is 2.92.